The average Bonchev–Trinajstić information content (AvgIpc) is 3.17. The number of hydrogen-bond donors (Lipinski definition) is 2. The van der Waals surface area contributed by atoms with E-state index in [0.717, 1.165) is 10.7 Å². The lowest BCUT2D eigenvalue weighted by Crippen LogP contribution is -2.54. The molecular formula is C19H25FN6O2S. The Morgan fingerprint density at radius 1 is 1.07 bits per heavy atom. The molecular weight excluding hydrogens is 395 g/mol. The van der Waals surface area contributed by atoms with Crippen LogP contribution in [-0.4, -0.2) is 59.3 Å². The van der Waals surface area contributed by atoms with Crippen LogP contribution in [-0.2, 0) is 4.79 Å². The molecule has 1 aliphatic heterocycles. The van der Waals surface area contributed by atoms with Crippen molar-refractivity contribution >= 4 is 34.1 Å². The predicted octanol–water partition coefficient (Wildman–Crippen LogP) is 2.66. The molecule has 1 aliphatic rings. The fraction of sp³-hybridized carbons (Fsp3) is 0.474. The molecule has 2 heterocycles. The minimum atomic E-state index is -0.705. The average molecular weight is 421 g/mol. The molecule has 1 aromatic carbocycles. The van der Waals surface area contributed by atoms with Crippen LogP contribution in [0.4, 0.5) is 20.0 Å². The van der Waals surface area contributed by atoms with Crippen LogP contribution in [0.5, 0.6) is 0 Å². The lowest BCUT2D eigenvalue weighted by molar-refractivity contribution is -0.117. The summed E-state index contributed by atoms with van der Waals surface area (Å²) < 4.78 is 13.1. The van der Waals surface area contributed by atoms with E-state index in [9.17, 15) is 14.0 Å². The molecule has 0 spiro atoms. The number of rotatable bonds is 5. The number of urea groups is 1. The van der Waals surface area contributed by atoms with Gasteiger partial charge in [-0.25, -0.2) is 9.18 Å². The van der Waals surface area contributed by atoms with E-state index in [0.29, 0.717) is 31.3 Å². The Bertz CT molecular complexity index is 849. The number of carbonyl (C=O) groups is 2. The predicted molar refractivity (Wildman–Crippen MR) is 111 cm³/mol. The Labute approximate surface area is 173 Å². The van der Waals surface area contributed by atoms with Gasteiger partial charge in [0.25, 0.3) is 0 Å². The fourth-order valence-electron chi connectivity index (χ4n) is 2.89. The Balaban J connectivity index is 1.47. The number of aromatic nitrogens is 2. The maximum atomic E-state index is 13.1. The van der Waals surface area contributed by atoms with Gasteiger partial charge < -0.3 is 15.1 Å². The second-order valence-corrected chi connectivity index (χ2v) is 8.22. The van der Waals surface area contributed by atoms with E-state index in [1.807, 2.05) is 13.8 Å². The standard InChI is InChI=1S/C19H25FN6O2S/c1-12(2)17-23-24-18(29-17)22-16(27)13(3)21-19(28)26-10-8-25(9-11-26)15-6-4-14(20)5-7-15/h4-7,12-13H,8-11H2,1-3H3,(H,21,28)(H,22,24,27)/t13-/m0/s1. The minimum absolute atomic E-state index is 0.240. The summed E-state index contributed by atoms with van der Waals surface area (Å²) in [4.78, 5) is 28.6. The largest absolute Gasteiger partial charge is 0.368 e. The third-order valence-corrected chi connectivity index (χ3v) is 5.80. The minimum Gasteiger partial charge on any atom is -0.368 e. The maximum Gasteiger partial charge on any atom is 0.318 e. The van der Waals surface area contributed by atoms with E-state index < -0.39 is 6.04 Å². The highest BCUT2D eigenvalue weighted by atomic mass is 32.1. The molecule has 0 aliphatic carbocycles. The Hall–Kier alpha value is -2.75. The number of carbonyl (C=O) groups excluding carboxylic acids is 2. The van der Waals surface area contributed by atoms with Crippen LogP contribution in [0.1, 0.15) is 31.7 Å². The Kier molecular flexibility index (Phi) is 6.63. The van der Waals surface area contributed by atoms with Crippen LogP contribution in [0.2, 0.25) is 0 Å². The molecule has 0 unspecified atom stereocenters. The zero-order valence-electron chi connectivity index (χ0n) is 16.7. The van der Waals surface area contributed by atoms with Gasteiger partial charge in [0, 0.05) is 37.8 Å². The first-order chi connectivity index (χ1) is 13.8. The van der Waals surface area contributed by atoms with Crippen LogP contribution in [0.3, 0.4) is 0 Å². The molecule has 0 bridgehead atoms. The van der Waals surface area contributed by atoms with Gasteiger partial charge in [-0.2, -0.15) is 0 Å². The van der Waals surface area contributed by atoms with Crippen LogP contribution in [0, 0.1) is 5.82 Å². The maximum absolute atomic E-state index is 13.1. The van der Waals surface area contributed by atoms with Crippen LogP contribution >= 0.6 is 11.3 Å². The van der Waals surface area contributed by atoms with Gasteiger partial charge in [-0.1, -0.05) is 25.2 Å². The van der Waals surface area contributed by atoms with Crippen molar-refractivity contribution in [3.8, 4) is 0 Å². The van der Waals surface area contributed by atoms with E-state index in [2.05, 4.69) is 25.7 Å². The van der Waals surface area contributed by atoms with Crippen molar-refractivity contribution in [1.29, 1.82) is 0 Å². The highest BCUT2D eigenvalue weighted by Crippen LogP contribution is 2.22. The topological polar surface area (TPSA) is 90.5 Å². The van der Waals surface area contributed by atoms with Crippen molar-refractivity contribution in [2.24, 2.45) is 0 Å². The smallest absolute Gasteiger partial charge is 0.318 e. The molecule has 0 radical (unpaired) electrons. The zero-order chi connectivity index (χ0) is 21.0. The van der Waals surface area contributed by atoms with E-state index in [1.54, 1.807) is 24.0 Å². The summed E-state index contributed by atoms with van der Waals surface area (Å²) in [6.07, 6.45) is 0. The number of hydrogen-bond acceptors (Lipinski definition) is 6. The molecule has 2 N–H and O–H groups in total. The van der Waals surface area contributed by atoms with Gasteiger partial charge in [-0.15, -0.1) is 10.2 Å². The second-order valence-electron chi connectivity index (χ2n) is 7.21. The number of amides is 3. The van der Waals surface area contributed by atoms with Crippen molar-refractivity contribution in [3.05, 3.63) is 35.1 Å². The number of benzene rings is 1. The van der Waals surface area contributed by atoms with E-state index >= 15 is 0 Å². The molecule has 10 heteroatoms. The lowest BCUT2D eigenvalue weighted by atomic mass is 10.2. The first kappa shape index (κ1) is 21.0. The monoisotopic (exact) mass is 420 g/mol. The summed E-state index contributed by atoms with van der Waals surface area (Å²) >= 11 is 1.33. The summed E-state index contributed by atoms with van der Waals surface area (Å²) in [5.41, 5.74) is 0.928. The number of nitrogens with zero attached hydrogens (tertiary/aromatic N) is 4. The first-order valence-corrected chi connectivity index (χ1v) is 10.4. The van der Waals surface area contributed by atoms with Gasteiger partial charge >= 0.3 is 6.03 Å². The SMILES string of the molecule is CC(C)c1nnc(NC(=O)[C@H](C)NC(=O)N2CCN(c3ccc(F)cc3)CC2)s1. The molecule has 0 saturated carbocycles. The van der Waals surface area contributed by atoms with E-state index in [-0.39, 0.29) is 23.7 Å². The summed E-state index contributed by atoms with van der Waals surface area (Å²) in [5, 5.41) is 14.7. The van der Waals surface area contributed by atoms with Crippen molar-refractivity contribution in [1.82, 2.24) is 20.4 Å². The molecule has 1 aromatic heterocycles. The highest BCUT2D eigenvalue weighted by molar-refractivity contribution is 7.15. The fourth-order valence-corrected chi connectivity index (χ4v) is 3.64. The summed E-state index contributed by atoms with van der Waals surface area (Å²) in [6, 6.07) is 5.33. The van der Waals surface area contributed by atoms with E-state index in [4.69, 9.17) is 0 Å². The molecule has 3 rings (SSSR count). The van der Waals surface area contributed by atoms with Gasteiger partial charge in [0.1, 0.15) is 16.9 Å². The summed E-state index contributed by atoms with van der Waals surface area (Å²) in [6.45, 7) is 7.96. The van der Waals surface area contributed by atoms with Gasteiger partial charge in [0.15, 0.2) is 0 Å². The lowest BCUT2D eigenvalue weighted by Gasteiger charge is -2.36. The summed E-state index contributed by atoms with van der Waals surface area (Å²) in [5.74, 6) is -0.369. The van der Waals surface area contributed by atoms with Gasteiger partial charge in [-0.3, -0.25) is 10.1 Å². The van der Waals surface area contributed by atoms with Gasteiger partial charge in [0.05, 0.1) is 0 Å². The molecule has 1 saturated heterocycles. The molecule has 8 nitrogen and oxygen atoms in total. The normalized spacial score (nSPS) is 15.3. The zero-order valence-corrected chi connectivity index (χ0v) is 17.5. The van der Waals surface area contributed by atoms with Gasteiger partial charge in [-0.05, 0) is 31.2 Å². The van der Waals surface area contributed by atoms with Crippen molar-refractivity contribution < 1.29 is 14.0 Å². The summed E-state index contributed by atoms with van der Waals surface area (Å²) in [7, 11) is 0. The molecule has 1 atom stereocenters. The van der Waals surface area contributed by atoms with Crippen LogP contribution < -0.4 is 15.5 Å². The number of anilines is 2. The van der Waals surface area contributed by atoms with Crippen LogP contribution in [0.25, 0.3) is 0 Å². The molecule has 156 valence electrons. The number of piperazine rings is 1. The second kappa shape index (κ2) is 9.17. The highest BCUT2D eigenvalue weighted by Gasteiger charge is 2.24. The van der Waals surface area contributed by atoms with Gasteiger partial charge in [0.2, 0.25) is 11.0 Å². The third kappa shape index (κ3) is 5.41. The van der Waals surface area contributed by atoms with Crippen molar-refractivity contribution in [2.75, 3.05) is 36.4 Å². The Morgan fingerprint density at radius 2 is 1.72 bits per heavy atom. The molecule has 2 aromatic rings. The third-order valence-electron chi connectivity index (χ3n) is 4.66. The van der Waals surface area contributed by atoms with Crippen LogP contribution in [0.15, 0.2) is 24.3 Å². The Morgan fingerprint density at radius 3 is 2.31 bits per heavy atom. The van der Waals surface area contributed by atoms with Crippen molar-refractivity contribution in [3.63, 3.8) is 0 Å². The number of halogens is 1. The van der Waals surface area contributed by atoms with E-state index in [1.165, 1.54) is 23.5 Å². The quantitative estimate of drug-likeness (QED) is 0.776. The molecule has 3 amide bonds. The van der Waals surface area contributed by atoms with Crippen molar-refractivity contribution in [2.45, 2.75) is 32.7 Å². The number of nitrogens with one attached hydrogen (secondary N) is 2. The molecule has 1 fully saturated rings. The first-order valence-electron chi connectivity index (χ1n) is 9.53. The molecule has 29 heavy (non-hydrogen) atoms.